The molecule has 5 nitrogen and oxygen atoms in total. The van der Waals surface area contributed by atoms with Crippen molar-refractivity contribution >= 4 is 22.6 Å². The first kappa shape index (κ1) is 15.1. The van der Waals surface area contributed by atoms with Gasteiger partial charge in [0.05, 0.1) is 0 Å². The Kier molecular flexibility index (Phi) is 6.05. The predicted octanol–water partition coefficient (Wildman–Crippen LogP) is -0.0553. The third-order valence-corrected chi connectivity index (χ3v) is 4.06. The lowest BCUT2D eigenvalue weighted by atomic mass is 10.3. The molecule has 1 fully saturated rings. The number of nitrogens with one attached hydrogen (secondary N) is 2. The highest BCUT2D eigenvalue weighted by atomic mass is 35.5. The van der Waals surface area contributed by atoms with Crippen LogP contribution in [0.5, 0.6) is 0 Å². The lowest BCUT2D eigenvalue weighted by Gasteiger charge is -2.18. The standard InChI is InChI=1S/C8H19N3O2S.ClH/c1-7(2)10-14(12,13)11-5-4-8(6-11)9-3;/h7-10H,4-6H2,1-3H3;1H. The van der Waals surface area contributed by atoms with Gasteiger partial charge in [-0.1, -0.05) is 0 Å². The molecule has 0 saturated carbocycles. The average Bonchev–Trinajstić information content (AvgIpc) is 2.49. The molecule has 1 atom stereocenters. The van der Waals surface area contributed by atoms with Crippen molar-refractivity contribution in [3.05, 3.63) is 0 Å². The molecular weight excluding hydrogens is 238 g/mol. The van der Waals surface area contributed by atoms with Crippen molar-refractivity contribution in [3.8, 4) is 0 Å². The van der Waals surface area contributed by atoms with Crippen molar-refractivity contribution < 1.29 is 8.42 Å². The lowest BCUT2D eigenvalue weighted by Crippen LogP contribution is -2.43. The van der Waals surface area contributed by atoms with Gasteiger partial charge in [-0.25, -0.2) is 0 Å². The van der Waals surface area contributed by atoms with Gasteiger partial charge in [-0.15, -0.1) is 12.4 Å². The maximum absolute atomic E-state index is 11.7. The molecule has 1 saturated heterocycles. The van der Waals surface area contributed by atoms with Crippen LogP contribution in [0.1, 0.15) is 20.3 Å². The van der Waals surface area contributed by atoms with Crippen LogP contribution in [-0.2, 0) is 10.2 Å². The van der Waals surface area contributed by atoms with Crippen molar-refractivity contribution in [1.82, 2.24) is 14.3 Å². The maximum Gasteiger partial charge on any atom is 0.279 e. The van der Waals surface area contributed by atoms with Gasteiger partial charge in [0.25, 0.3) is 10.2 Å². The van der Waals surface area contributed by atoms with Crippen molar-refractivity contribution in [2.45, 2.75) is 32.4 Å². The van der Waals surface area contributed by atoms with Gasteiger partial charge in [0.1, 0.15) is 0 Å². The first-order chi connectivity index (χ1) is 6.45. The molecule has 7 heteroatoms. The Bertz CT molecular complexity index is 282. The molecule has 0 aromatic rings. The number of halogens is 1. The summed E-state index contributed by atoms with van der Waals surface area (Å²) < 4.78 is 27.5. The lowest BCUT2D eigenvalue weighted by molar-refractivity contribution is 0.448. The van der Waals surface area contributed by atoms with Crippen molar-refractivity contribution in [2.75, 3.05) is 20.1 Å². The molecule has 0 aromatic heterocycles. The molecule has 0 aromatic carbocycles. The molecule has 1 heterocycles. The zero-order valence-electron chi connectivity index (χ0n) is 9.36. The molecule has 1 aliphatic rings. The van der Waals surface area contributed by atoms with E-state index in [1.54, 1.807) is 0 Å². The van der Waals surface area contributed by atoms with Gasteiger partial charge in [0, 0.05) is 25.2 Å². The van der Waals surface area contributed by atoms with Gasteiger partial charge in [-0.2, -0.15) is 17.4 Å². The van der Waals surface area contributed by atoms with E-state index >= 15 is 0 Å². The summed E-state index contributed by atoms with van der Waals surface area (Å²) in [6.45, 7) is 4.82. The van der Waals surface area contributed by atoms with E-state index in [0.717, 1.165) is 6.42 Å². The third kappa shape index (κ3) is 4.24. The van der Waals surface area contributed by atoms with Gasteiger partial charge in [-0.05, 0) is 27.3 Å². The van der Waals surface area contributed by atoms with Gasteiger partial charge < -0.3 is 5.32 Å². The van der Waals surface area contributed by atoms with Crippen LogP contribution in [-0.4, -0.2) is 44.9 Å². The van der Waals surface area contributed by atoms with E-state index in [9.17, 15) is 8.42 Å². The Morgan fingerprint density at radius 2 is 2.00 bits per heavy atom. The number of nitrogens with zero attached hydrogens (tertiary/aromatic N) is 1. The number of hydrogen-bond donors (Lipinski definition) is 2. The van der Waals surface area contributed by atoms with Gasteiger partial charge >= 0.3 is 0 Å². The van der Waals surface area contributed by atoms with Crippen LogP contribution in [0.4, 0.5) is 0 Å². The molecule has 1 unspecified atom stereocenters. The van der Waals surface area contributed by atoms with Crippen LogP contribution in [0.3, 0.4) is 0 Å². The van der Waals surface area contributed by atoms with E-state index in [4.69, 9.17) is 0 Å². The van der Waals surface area contributed by atoms with Crippen LogP contribution in [0.15, 0.2) is 0 Å². The number of hydrogen-bond acceptors (Lipinski definition) is 3. The zero-order chi connectivity index (χ0) is 10.8. The van der Waals surface area contributed by atoms with Gasteiger partial charge in [0.2, 0.25) is 0 Å². The molecule has 0 aliphatic carbocycles. The Balaban J connectivity index is 0.00000196. The van der Waals surface area contributed by atoms with Gasteiger partial charge in [0.15, 0.2) is 0 Å². The van der Waals surface area contributed by atoms with Crippen molar-refractivity contribution in [1.29, 1.82) is 0 Å². The van der Waals surface area contributed by atoms with E-state index in [0.29, 0.717) is 19.1 Å². The van der Waals surface area contributed by atoms with Crippen LogP contribution in [0.25, 0.3) is 0 Å². The molecule has 0 bridgehead atoms. The summed E-state index contributed by atoms with van der Waals surface area (Å²) >= 11 is 0. The minimum atomic E-state index is -3.26. The topological polar surface area (TPSA) is 61.4 Å². The summed E-state index contributed by atoms with van der Waals surface area (Å²) in [6, 6.07) is 0.243. The Hall–Kier alpha value is 0.120. The minimum absolute atomic E-state index is 0. The molecular formula is C8H20ClN3O2S. The Morgan fingerprint density at radius 1 is 1.40 bits per heavy atom. The van der Waals surface area contributed by atoms with E-state index in [1.807, 2.05) is 20.9 Å². The highest BCUT2D eigenvalue weighted by molar-refractivity contribution is 7.87. The van der Waals surface area contributed by atoms with E-state index in [1.165, 1.54) is 4.31 Å². The summed E-state index contributed by atoms with van der Waals surface area (Å²) in [5.41, 5.74) is 0. The molecule has 1 aliphatic heterocycles. The van der Waals surface area contributed by atoms with E-state index in [-0.39, 0.29) is 18.4 Å². The average molecular weight is 258 g/mol. The molecule has 0 amide bonds. The van der Waals surface area contributed by atoms with Crippen LogP contribution in [0, 0.1) is 0 Å². The largest absolute Gasteiger partial charge is 0.316 e. The SMILES string of the molecule is CNC1CCN(S(=O)(=O)NC(C)C)C1.Cl. The molecule has 1 rings (SSSR count). The summed E-state index contributed by atoms with van der Waals surface area (Å²) in [5, 5.41) is 3.09. The first-order valence-electron chi connectivity index (χ1n) is 4.90. The molecule has 0 spiro atoms. The molecule has 0 radical (unpaired) electrons. The molecule has 92 valence electrons. The van der Waals surface area contributed by atoms with Crippen LogP contribution < -0.4 is 10.0 Å². The Labute approximate surface area is 98.2 Å². The number of rotatable bonds is 4. The second kappa shape index (κ2) is 6.00. The summed E-state index contributed by atoms with van der Waals surface area (Å²) in [7, 11) is -1.40. The summed E-state index contributed by atoms with van der Waals surface area (Å²) in [5.74, 6) is 0. The molecule has 2 N–H and O–H groups in total. The quantitative estimate of drug-likeness (QED) is 0.742. The monoisotopic (exact) mass is 257 g/mol. The highest BCUT2D eigenvalue weighted by Crippen LogP contribution is 2.12. The second-order valence-electron chi connectivity index (χ2n) is 3.91. The summed E-state index contributed by atoms with van der Waals surface area (Å²) in [4.78, 5) is 0. The molecule has 15 heavy (non-hydrogen) atoms. The fourth-order valence-electron chi connectivity index (χ4n) is 1.55. The fourth-order valence-corrected chi connectivity index (χ4v) is 3.02. The normalized spacial score (nSPS) is 23.1. The van der Waals surface area contributed by atoms with Crippen molar-refractivity contribution in [2.24, 2.45) is 0 Å². The summed E-state index contributed by atoms with van der Waals surface area (Å²) in [6.07, 6.45) is 0.884. The Morgan fingerprint density at radius 3 is 2.40 bits per heavy atom. The first-order valence-corrected chi connectivity index (χ1v) is 6.34. The van der Waals surface area contributed by atoms with E-state index in [2.05, 4.69) is 10.0 Å². The maximum atomic E-state index is 11.7. The van der Waals surface area contributed by atoms with E-state index < -0.39 is 10.2 Å². The van der Waals surface area contributed by atoms with Gasteiger partial charge in [-0.3, -0.25) is 0 Å². The van der Waals surface area contributed by atoms with Crippen LogP contribution >= 0.6 is 12.4 Å². The highest BCUT2D eigenvalue weighted by Gasteiger charge is 2.30. The predicted molar refractivity (Wildman–Crippen MR) is 63.5 cm³/mol. The smallest absolute Gasteiger partial charge is 0.279 e. The third-order valence-electron chi connectivity index (χ3n) is 2.28. The zero-order valence-corrected chi connectivity index (χ0v) is 11.0. The fraction of sp³-hybridized carbons (Fsp3) is 1.00. The van der Waals surface area contributed by atoms with Crippen molar-refractivity contribution in [3.63, 3.8) is 0 Å². The number of likely N-dealkylation sites (N-methyl/N-ethyl adjacent to an activating group) is 1. The van der Waals surface area contributed by atoms with Crippen LogP contribution in [0.2, 0.25) is 0 Å². The second-order valence-corrected chi connectivity index (χ2v) is 5.61. The minimum Gasteiger partial charge on any atom is -0.316 e.